The molecule has 16 heavy (non-hydrogen) atoms. The number of rotatable bonds is 2. The van der Waals surface area contributed by atoms with Crippen LogP contribution in [0.5, 0.6) is 0 Å². The van der Waals surface area contributed by atoms with Gasteiger partial charge in [0.1, 0.15) is 5.60 Å². The van der Waals surface area contributed by atoms with Crippen LogP contribution in [0.25, 0.3) is 0 Å². The molecule has 0 aromatic carbocycles. The molecule has 1 amide bonds. The molecule has 0 spiro atoms. The van der Waals surface area contributed by atoms with Gasteiger partial charge in [0, 0.05) is 20.2 Å². The molecule has 1 heterocycles. The first kappa shape index (κ1) is 12.9. The van der Waals surface area contributed by atoms with E-state index in [1.807, 2.05) is 20.8 Å². The summed E-state index contributed by atoms with van der Waals surface area (Å²) in [6, 6.07) is 0. The fourth-order valence-corrected chi connectivity index (χ4v) is 1.64. The summed E-state index contributed by atoms with van der Waals surface area (Å²) < 4.78 is 10.3. The molecular formula is C12H19NO3. The van der Waals surface area contributed by atoms with Crippen LogP contribution in [-0.4, -0.2) is 43.4 Å². The summed E-state index contributed by atoms with van der Waals surface area (Å²) in [6.45, 7) is 7.01. The maximum absolute atomic E-state index is 11.6. The van der Waals surface area contributed by atoms with Crippen molar-refractivity contribution in [1.82, 2.24) is 4.90 Å². The Hall–Kier alpha value is -1.21. The molecule has 0 unspecified atom stereocenters. The molecule has 0 bridgehead atoms. The number of hydrogen-bond acceptors (Lipinski definition) is 3. The van der Waals surface area contributed by atoms with Crippen LogP contribution in [0.3, 0.4) is 0 Å². The van der Waals surface area contributed by atoms with E-state index in [0.29, 0.717) is 19.7 Å². The first-order chi connectivity index (χ1) is 7.32. The summed E-state index contributed by atoms with van der Waals surface area (Å²) in [5, 5.41) is 0. The smallest absolute Gasteiger partial charge is 0.410 e. The fraction of sp³-hybridized carbons (Fsp3) is 0.750. The molecule has 0 saturated carbocycles. The Morgan fingerprint density at radius 1 is 1.50 bits per heavy atom. The van der Waals surface area contributed by atoms with Gasteiger partial charge in [-0.1, -0.05) is 5.92 Å². The fourth-order valence-electron chi connectivity index (χ4n) is 1.64. The molecule has 4 nitrogen and oxygen atoms in total. The molecule has 0 radical (unpaired) electrons. The van der Waals surface area contributed by atoms with E-state index in [1.165, 1.54) is 0 Å². The van der Waals surface area contributed by atoms with Crippen LogP contribution in [0.2, 0.25) is 0 Å². The largest absolute Gasteiger partial charge is 0.444 e. The number of likely N-dealkylation sites (tertiary alicyclic amines) is 1. The van der Waals surface area contributed by atoms with Gasteiger partial charge < -0.3 is 14.4 Å². The highest BCUT2D eigenvalue weighted by Gasteiger charge is 2.45. The molecule has 1 fully saturated rings. The van der Waals surface area contributed by atoms with Gasteiger partial charge in [-0.05, 0) is 20.8 Å². The van der Waals surface area contributed by atoms with Crippen LogP contribution in [-0.2, 0) is 9.47 Å². The predicted octanol–water partition coefficient (Wildman–Crippen LogP) is 1.50. The molecule has 90 valence electrons. The molecule has 1 rings (SSSR count). The summed E-state index contributed by atoms with van der Waals surface area (Å²) in [7, 11) is 1.61. The van der Waals surface area contributed by atoms with Crippen molar-refractivity contribution >= 4 is 6.09 Å². The minimum atomic E-state index is -0.466. The monoisotopic (exact) mass is 225 g/mol. The van der Waals surface area contributed by atoms with E-state index in [2.05, 4.69) is 5.92 Å². The number of ether oxygens (including phenoxy) is 2. The average Bonchev–Trinajstić information content (AvgIpc) is 2.07. The number of carbonyl (C=O) groups excluding carboxylic acids is 1. The van der Waals surface area contributed by atoms with Gasteiger partial charge in [0.05, 0.1) is 12.0 Å². The number of methoxy groups -OCH3 is 1. The summed E-state index contributed by atoms with van der Waals surface area (Å²) in [5.74, 6) is 2.69. The summed E-state index contributed by atoms with van der Waals surface area (Å²) in [6.07, 6.45) is 5.13. The lowest BCUT2D eigenvalue weighted by Crippen LogP contribution is -2.60. The minimum absolute atomic E-state index is 0.311. The Kier molecular flexibility index (Phi) is 3.49. The number of terminal acetylenes is 1. The standard InChI is InChI=1S/C12H19NO3/c1-6-12(9-15-5)7-13(8-12)10(14)16-11(2,3)4/h1H,7-9H2,2-5H3. The Bertz CT molecular complexity index is 305. The maximum Gasteiger partial charge on any atom is 0.410 e. The number of nitrogens with zero attached hydrogens (tertiary/aromatic N) is 1. The van der Waals surface area contributed by atoms with Gasteiger partial charge in [-0.2, -0.15) is 0 Å². The minimum Gasteiger partial charge on any atom is -0.444 e. The van der Waals surface area contributed by atoms with Gasteiger partial charge in [-0.15, -0.1) is 6.42 Å². The molecule has 0 aromatic heterocycles. The van der Waals surface area contributed by atoms with Crippen LogP contribution in [0, 0.1) is 17.8 Å². The highest BCUT2D eigenvalue weighted by atomic mass is 16.6. The van der Waals surface area contributed by atoms with Crippen LogP contribution in [0.1, 0.15) is 20.8 Å². The zero-order chi connectivity index (χ0) is 12.4. The number of carbonyl (C=O) groups is 1. The van der Waals surface area contributed by atoms with Gasteiger partial charge in [0.25, 0.3) is 0 Å². The van der Waals surface area contributed by atoms with Gasteiger partial charge in [0.15, 0.2) is 0 Å². The van der Waals surface area contributed by atoms with Crippen molar-refractivity contribution in [2.75, 3.05) is 26.8 Å². The second-order valence-corrected chi connectivity index (χ2v) is 5.19. The first-order valence-corrected chi connectivity index (χ1v) is 5.26. The van der Waals surface area contributed by atoms with E-state index in [-0.39, 0.29) is 11.5 Å². The van der Waals surface area contributed by atoms with E-state index in [4.69, 9.17) is 15.9 Å². The zero-order valence-electron chi connectivity index (χ0n) is 10.4. The Morgan fingerprint density at radius 3 is 2.44 bits per heavy atom. The van der Waals surface area contributed by atoms with E-state index in [1.54, 1.807) is 12.0 Å². The number of hydrogen-bond donors (Lipinski definition) is 0. The van der Waals surface area contributed by atoms with Crippen molar-refractivity contribution in [3.63, 3.8) is 0 Å². The van der Waals surface area contributed by atoms with E-state index < -0.39 is 5.60 Å². The van der Waals surface area contributed by atoms with Gasteiger partial charge in [-0.3, -0.25) is 0 Å². The third-order valence-electron chi connectivity index (χ3n) is 2.37. The molecule has 0 aromatic rings. The SMILES string of the molecule is C#CC1(COC)CN(C(=O)OC(C)(C)C)C1. The van der Waals surface area contributed by atoms with Crippen LogP contribution >= 0.6 is 0 Å². The highest BCUT2D eigenvalue weighted by Crippen LogP contribution is 2.31. The Labute approximate surface area is 96.9 Å². The third-order valence-corrected chi connectivity index (χ3v) is 2.37. The predicted molar refractivity (Wildman–Crippen MR) is 60.9 cm³/mol. The third kappa shape index (κ3) is 2.89. The zero-order valence-corrected chi connectivity index (χ0v) is 10.4. The molecule has 1 saturated heterocycles. The van der Waals surface area contributed by atoms with Crippen LogP contribution in [0.15, 0.2) is 0 Å². The molecule has 0 aliphatic carbocycles. The lowest BCUT2D eigenvalue weighted by molar-refractivity contribution is -0.0376. The molecule has 1 aliphatic heterocycles. The first-order valence-electron chi connectivity index (χ1n) is 5.26. The van der Waals surface area contributed by atoms with Crippen molar-refractivity contribution in [3.8, 4) is 12.3 Å². The van der Waals surface area contributed by atoms with Gasteiger partial charge >= 0.3 is 6.09 Å². The van der Waals surface area contributed by atoms with Gasteiger partial charge in [0.2, 0.25) is 0 Å². The molecule has 0 N–H and O–H groups in total. The molecule has 0 atom stereocenters. The average molecular weight is 225 g/mol. The second-order valence-electron chi connectivity index (χ2n) is 5.19. The topological polar surface area (TPSA) is 38.8 Å². The van der Waals surface area contributed by atoms with Crippen molar-refractivity contribution in [2.45, 2.75) is 26.4 Å². The summed E-state index contributed by atoms with van der Waals surface area (Å²) >= 11 is 0. The lowest BCUT2D eigenvalue weighted by Gasteiger charge is -2.46. The molecule has 4 heteroatoms. The van der Waals surface area contributed by atoms with Crippen molar-refractivity contribution in [1.29, 1.82) is 0 Å². The van der Waals surface area contributed by atoms with E-state index in [9.17, 15) is 4.79 Å². The lowest BCUT2D eigenvalue weighted by atomic mass is 9.82. The highest BCUT2D eigenvalue weighted by molar-refractivity contribution is 5.69. The van der Waals surface area contributed by atoms with Crippen LogP contribution < -0.4 is 0 Å². The van der Waals surface area contributed by atoms with Crippen LogP contribution in [0.4, 0.5) is 4.79 Å². The van der Waals surface area contributed by atoms with Crippen molar-refractivity contribution in [3.05, 3.63) is 0 Å². The quantitative estimate of drug-likeness (QED) is 0.668. The summed E-state index contributed by atoms with van der Waals surface area (Å²) in [4.78, 5) is 13.2. The van der Waals surface area contributed by atoms with Crippen molar-refractivity contribution in [2.24, 2.45) is 5.41 Å². The van der Waals surface area contributed by atoms with E-state index in [0.717, 1.165) is 0 Å². The Morgan fingerprint density at radius 2 is 2.06 bits per heavy atom. The normalized spacial score (nSPS) is 18.6. The Balaban J connectivity index is 2.46. The number of amides is 1. The summed E-state index contributed by atoms with van der Waals surface area (Å²) in [5.41, 5.74) is -0.793. The van der Waals surface area contributed by atoms with E-state index >= 15 is 0 Å². The van der Waals surface area contributed by atoms with Gasteiger partial charge in [-0.25, -0.2) is 4.79 Å². The second kappa shape index (κ2) is 4.34. The molecule has 1 aliphatic rings. The van der Waals surface area contributed by atoms with Crippen molar-refractivity contribution < 1.29 is 14.3 Å². The maximum atomic E-state index is 11.6. The molecular weight excluding hydrogens is 206 g/mol.